The maximum absolute atomic E-state index is 11.7. The molecule has 1 aromatic heterocycles. The smallest absolute Gasteiger partial charge is 0.337 e. The van der Waals surface area contributed by atoms with E-state index in [1.165, 1.54) is 24.9 Å². The Labute approximate surface area is 159 Å². The fourth-order valence-corrected chi connectivity index (χ4v) is 2.77. The Kier molecular flexibility index (Phi) is 6.64. The maximum Gasteiger partial charge on any atom is 0.337 e. The van der Waals surface area contributed by atoms with E-state index in [0.29, 0.717) is 28.8 Å². The van der Waals surface area contributed by atoms with Crippen LogP contribution in [0.15, 0.2) is 23.4 Å². The third-order valence-electron chi connectivity index (χ3n) is 3.23. The first-order chi connectivity index (χ1) is 12.4. The predicted octanol–water partition coefficient (Wildman–Crippen LogP) is 2.88. The summed E-state index contributed by atoms with van der Waals surface area (Å²) in [5.41, 5.74) is 6.16. The van der Waals surface area contributed by atoms with Crippen molar-refractivity contribution in [3.8, 4) is 5.75 Å². The number of hydrogen-bond donors (Lipinski definition) is 2. The van der Waals surface area contributed by atoms with Crippen molar-refractivity contribution < 1.29 is 19.1 Å². The molecule has 0 radical (unpaired) electrons. The standard InChI is InChI=1S/C16H17ClN4O4S/c1-4-25-10-7-8(15(23)24-2)5-6-9(10)19-14-11(13(18)22)12(17)20-16(21-14)26-3/h5-7H,4H2,1-3H3,(H2,18,22)(H,19,20,21). The summed E-state index contributed by atoms with van der Waals surface area (Å²) in [5.74, 6) is -0.737. The van der Waals surface area contributed by atoms with Gasteiger partial charge >= 0.3 is 5.97 Å². The second-order valence-corrected chi connectivity index (χ2v) is 5.98. The lowest BCUT2D eigenvalue weighted by atomic mass is 10.2. The second-order valence-electron chi connectivity index (χ2n) is 4.85. The summed E-state index contributed by atoms with van der Waals surface area (Å²) >= 11 is 7.32. The van der Waals surface area contributed by atoms with Gasteiger partial charge in [-0.2, -0.15) is 0 Å². The van der Waals surface area contributed by atoms with E-state index in [2.05, 4.69) is 15.3 Å². The van der Waals surface area contributed by atoms with Gasteiger partial charge in [0.05, 0.1) is 25.0 Å². The lowest BCUT2D eigenvalue weighted by Crippen LogP contribution is -2.16. The number of carbonyl (C=O) groups excluding carboxylic acids is 2. The minimum absolute atomic E-state index is 0.0380. The lowest BCUT2D eigenvalue weighted by Gasteiger charge is -2.15. The Morgan fingerprint density at radius 3 is 2.65 bits per heavy atom. The highest BCUT2D eigenvalue weighted by atomic mass is 35.5. The SMILES string of the molecule is CCOc1cc(C(=O)OC)ccc1Nc1nc(SC)nc(Cl)c1C(N)=O. The summed E-state index contributed by atoms with van der Waals surface area (Å²) in [6.45, 7) is 2.17. The van der Waals surface area contributed by atoms with Crippen molar-refractivity contribution in [3.05, 3.63) is 34.5 Å². The molecule has 0 atom stereocenters. The van der Waals surface area contributed by atoms with E-state index in [4.69, 9.17) is 26.8 Å². The maximum atomic E-state index is 11.7. The van der Waals surface area contributed by atoms with Crippen LogP contribution in [0.25, 0.3) is 0 Å². The number of nitrogens with one attached hydrogen (secondary N) is 1. The number of thioether (sulfide) groups is 1. The van der Waals surface area contributed by atoms with Crippen LogP contribution in [-0.4, -0.2) is 41.8 Å². The van der Waals surface area contributed by atoms with E-state index in [1.54, 1.807) is 25.3 Å². The number of aromatic nitrogens is 2. The van der Waals surface area contributed by atoms with Crippen LogP contribution >= 0.6 is 23.4 Å². The largest absolute Gasteiger partial charge is 0.492 e. The highest BCUT2D eigenvalue weighted by Gasteiger charge is 2.20. The molecule has 0 unspecified atom stereocenters. The Morgan fingerprint density at radius 2 is 2.08 bits per heavy atom. The number of primary amides is 1. The molecule has 2 rings (SSSR count). The third-order valence-corrected chi connectivity index (χ3v) is 4.05. The zero-order valence-electron chi connectivity index (χ0n) is 14.3. The van der Waals surface area contributed by atoms with Gasteiger partial charge in [0.2, 0.25) is 0 Å². The van der Waals surface area contributed by atoms with Crippen LogP contribution in [0.3, 0.4) is 0 Å². The molecular formula is C16H17ClN4O4S. The first kappa shape index (κ1) is 19.8. The predicted molar refractivity (Wildman–Crippen MR) is 99.6 cm³/mol. The van der Waals surface area contributed by atoms with E-state index >= 15 is 0 Å². The minimum Gasteiger partial charge on any atom is -0.492 e. The van der Waals surface area contributed by atoms with Gasteiger partial charge < -0.3 is 20.5 Å². The van der Waals surface area contributed by atoms with E-state index in [9.17, 15) is 9.59 Å². The molecule has 1 heterocycles. The molecule has 0 aliphatic heterocycles. The quantitative estimate of drug-likeness (QED) is 0.317. The molecule has 0 aliphatic carbocycles. The number of ether oxygens (including phenoxy) is 2. The number of hydrogen-bond acceptors (Lipinski definition) is 8. The van der Waals surface area contributed by atoms with Crippen molar-refractivity contribution in [1.29, 1.82) is 0 Å². The molecule has 8 nitrogen and oxygen atoms in total. The Hall–Kier alpha value is -2.52. The van der Waals surface area contributed by atoms with Gasteiger partial charge in [0.1, 0.15) is 22.3 Å². The van der Waals surface area contributed by atoms with Gasteiger partial charge in [-0.25, -0.2) is 14.8 Å². The number of carbonyl (C=O) groups is 2. The number of nitrogens with zero attached hydrogens (tertiary/aromatic N) is 2. The van der Waals surface area contributed by atoms with Crippen molar-refractivity contribution in [1.82, 2.24) is 9.97 Å². The summed E-state index contributed by atoms with van der Waals surface area (Å²) < 4.78 is 10.3. The van der Waals surface area contributed by atoms with Crippen molar-refractivity contribution in [2.24, 2.45) is 5.73 Å². The molecule has 26 heavy (non-hydrogen) atoms. The molecule has 2 aromatic rings. The topological polar surface area (TPSA) is 116 Å². The molecule has 0 bridgehead atoms. The van der Waals surface area contributed by atoms with Crippen LogP contribution in [0.2, 0.25) is 5.15 Å². The average molecular weight is 397 g/mol. The van der Waals surface area contributed by atoms with Crippen molar-refractivity contribution >= 4 is 46.7 Å². The first-order valence-corrected chi connectivity index (χ1v) is 9.05. The van der Waals surface area contributed by atoms with Crippen LogP contribution in [0.1, 0.15) is 27.6 Å². The highest BCUT2D eigenvalue weighted by Crippen LogP contribution is 2.32. The van der Waals surface area contributed by atoms with Gasteiger partial charge in [-0.3, -0.25) is 4.79 Å². The third kappa shape index (κ3) is 4.36. The summed E-state index contributed by atoms with van der Waals surface area (Å²) in [7, 11) is 1.29. The number of esters is 1. The minimum atomic E-state index is -0.769. The van der Waals surface area contributed by atoms with Gasteiger partial charge in [-0.05, 0) is 31.4 Å². The number of benzene rings is 1. The van der Waals surface area contributed by atoms with E-state index in [1.807, 2.05) is 0 Å². The molecule has 0 saturated heterocycles. The number of rotatable bonds is 7. The molecule has 1 aromatic carbocycles. The van der Waals surface area contributed by atoms with Crippen LogP contribution in [-0.2, 0) is 4.74 Å². The molecule has 10 heteroatoms. The normalized spacial score (nSPS) is 10.3. The summed E-state index contributed by atoms with van der Waals surface area (Å²) in [6.07, 6.45) is 1.77. The molecule has 0 fully saturated rings. The first-order valence-electron chi connectivity index (χ1n) is 7.44. The fraction of sp³-hybridized carbons (Fsp3) is 0.250. The zero-order valence-corrected chi connectivity index (χ0v) is 15.9. The number of methoxy groups -OCH3 is 1. The van der Waals surface area contributed by atoms with Crippen LogP contribution in [0.5, 0.6) is 5.75 Å². The molecular weight excluding hydrogens is 380 g/mol. The molecule has 0 saturated carbocycles. The fourth-order valence-electron chi connectivity index (χ4n) is 2.09. The van der Waals surface area contributed by atoms with E-state index in [-0.39, 0.29) is 16.5 Å². The van der Waals surface area contributed by atoms with E-state index in [0.717, 1.165) is 0 Å². The number of halogens is 1. The van der Waals surface area contributed by atoms with Crippen molar-refractivity contribution in [3.63, 3.8) is 0 Å². The Bertz CT molecular complexity index is 847. The zero-order chi connectivity index (χ0) is 19.3. The van der Waals surface area contributed by atoms with Crippen LogP contribution in [0.4, 0.5) is 11.5 Å². The Balaban J connectivity index is 2.52. The van der Waals surface area contributed by atoms with Crippen LogP contribution < -0.4 is 15.8 Å². The summed E-state index contributed by atoms with van der Waals surface area (Å²) in [6, 6.07) is 4.69. The monoisotopic (exact) mass is 396 g/mol. The average Bonchev–Trinajstić information content (AvgIpc) is 2.61. The van der Waals surface area contributed by atoms with Gasteiger partial charge in [0, 0.05) is 0 Å². The van der Waals surface area contributed by atoms with Gasteiger partial charge in [0.15, 0.2) is 5.16 Å². The van der Waals surface area contributed by atoms with Crippen molar-refractivity contribution in [2.45, 2.75) is 12.1 Å². The summed E-state index contributed by atoms with van der Waals surface area (Å²) in [4.78, 5) is 31.7. The summed E-state index contributed by atoms with van der Waals surface area (Å²) in [5, 5.41) is 3.30. The highest BCUT2D eigenvalue weighted by molar-refractivity contribution is 7.98. The number of nitrogens with two attached hydrogens (primary N) is 1. The second kappa shape index (κ2) is 8.72. The van der Waals surface area contributed by atoms with E-state index < -0.39 is 11.9 Å². The van der Waals surface area contributed by atoms with Gasteiger partial charge in [-0.1, -0.05) is 23.4 Å². The Morgan fingerprint density at radius 1 is 1.35 bits per heavy atom. The molecule has 0 aliphatic rings. The number of amides is 1. The molecule has 3 N–H and O–H groups in total. The van der Waals surface area contributed by atoms with Crippen LogP contribution in [0, 0.1) is 0 Å². The molecule has 138 valence electrons. The molecule has 0 spiro atoms. The van der Waals surface area contributed by atoms with Crippen molar-refractivity contribution in [2.75, 3.05) is 25.3 Å². The molecule has 1 amide bonds. The van der Waals surface area contributed by atoms with Gasteiger partial charge in [0.25, 0.3) is 5.91 Å². The lowest BCUT2D eigenvalue weighted by molar-refractivity contribution is 0.0600. The number of anilines is 2. The van der Waals surface area contributed by atoms with Gasteiger partial charge in [-0.15, -0.1) is 0 Å².